The van der Waals surface area contributed by atoms with Crippen LogP contribution in [0.25, 0.3) is 0 Å². The van der Waals surface area contributed by atoms with Crippen LogP contribution in [-0.4, -0.2) is 29.7 Å². The summed E-state index contributed by atoms with van der Waals surface area (Å²) in [5, 5.41) is 11.3. The number of carboxylic acid groups (broad SMARTS) is 1. The van der Waals surface area contributed by atoms with Gasteiger partial charge in [0.1, 0.15) is 11.0 Å². The third kappa shape index (κ3) is 6.85. The van der Waals surface area contributed by atoms with Crippen molar-refractivity contribution in [1.29, 1.82) is 0 Å². The van der Waals surface area contributed by atoms with Crippen LogP contribution in [0.15, 0.2) is 5.38 Å². The number of hydrogen-bond acceptors (Lipinski definition) is 7. The van der Waals surface area contributed by atoms with Crippen LogP contribution in [0.5, 0.6) is 0 Å². The second-order valence-corrected chi connectivity index (χ2v) is 5.24. The Bertz CT molecular complexity index is 503. The molecule has 1 rings (SSSR count). The summed E-state index contributed by atoms with van der Waals surface area (Å²) in [5.41, 5.74) is 6.28. The van der Waals surface area contributed by atoms with Crippen molar-refractivity contribution >= 4 is 23.3 Å². The van der Waals surface area contributed by atoms with Crippen molar-refractivity contribution in [2.24, 2.45) is 11.7 Å². The Labute approximate surface area is 129 Å². The number of rotatable bonds is 4. The Kier molecular flexibility index (Phi) is 8.02. The van der Waals surface area contributed by atoms with Crippen molar-refractivity contribution in [3.63, 3.8) is 0 Å². The zero-order valence-corrected chi connectivity index (χ0v) is 13.0. The Morgan fingerprint density at radius 1 is 1.45 bits per heavy atom. The van der Waals surface area contributed by atoms with Crippen molar-refractivity contribution in [3.05, 3.63) is 16.1 Å². The zero-order valence-electron chi connectivity index (χ0n) is 12.1. The van der Waals surface area contributed by atoms with Crippen LogP contribution in [0.1, 0.15) is 42.3 Å². The normalized spacial score (nSPS) is 12.4. The number of nitrogens with two attached hydrogens (primary N) is 1. The summed E-state index contributed by atoms with van der Waals surface area (Å²) in [5.74, 6) is -3.07. The summed E-state index contributed by atoms with van der Waals surface area (Å²) in [6.07, 6.45) is -5.19. The van der Waals surface area contributed by atoms with Gasteiger partial charge in [0.05, 0.1) is 12.6 Å². The maximum Gasteiger partial charge on any atom is 0.430 e. The highest BCUT2D eigenvalue weighted by molar-refractivity contribution is 7.09. The van der Waals surface area contributed by atoms with E-state index in [2.05, 4.69) is 4.98 Å². The van der Waals surface area contributed by atoms with E-state index >= 15 is 0 Å². The van der Waals surface area contributed by atoms with Gasteiger partial charge in [-0.1, -0.05) is 13.8 Å². The average molecular weight is 341 g/mol. The number of hydrogen-bond donors (Lipinski definition) is 1. The van der Waals surface area contributed by atoms with Gasteiger partial charge >= 0.3 is 12.1 Å². The van der Waals surface area contributed by atoms with Gasteiger partial charge in [-0.05, 0) is 12.8 Å². The predicted molar refractivity (Wildman–Crippen MR) is 70.9 cm³/mol. The van der Waals surface area contributed by atoms with Crippen LogP contribution in [-0.2, 0) is 9.53 Å². The van der Waals surface area contributed by atoms with E-state index in [-0.39, 0.29) is 12.0 Å². The third-order valence-corrected chi connectivity index (χ3v) is 3.19. The Morgan fingerprint density at radius 2 is 1.95 bits per heavy atom. The number of carboxylic acids is 1. The predicted octanol–water partition coefficient (Wildman–Crippen LogP) is 1.27. The monoisotopic (exact) mass is 341 g/mol. The number of alkyl halides is 3. The topological polar surface area (TPSA) is 105 Å². The molecule has 0 aliphatic heterocycles. The highest BCUT2D eigenvalue weighted by atomic mass is 32.1. The van der Waals surface area contributed by atoms with E-state index in [4.69, 9.17) is 20.4 Å². The van der Waals surface area contributed by atoms with Crippen LogP contribution >= 0.6 is 11.3 Å². The molecule has 0 bridgehead atoms. The van der Waals surface area contributed by atoms with Crippen LogP contribution in [0.2, 0.25) is 0 Å². The molecular formula is C12H16F3N2O4S-. The van der Waals surface area contributed by atoms with Crippen molar-refractivity contribution in [3.8, 4) is 0 Å². The van der Waals surface area contributed by atoms with E-state index in [1.807, 2.05) is 13.8 Å². The van der Waals surface area contributed by atoms with Crippen LogP contribution in [0.4, 0.5) is 13.2 Å². The molecule has 0 aliphatic carbocycles. The lowest BCUT2D eigenvalue weighted by Gasteiger charge is -2.11. The molecule has 6 nitrogen and oxygen atoms in total. The summed E-state index contributed by atoms with van der Waals surface area (Å²) < 4.78 is 36.4. The fraction of sp³-hybridized carbons (Fsp3) is 0.583. The second kappa shape index (κ2) is 8.69. The van der Waals surface area contributed by atoms with E-state index in [9.17, 15) is 18.0 Å². The van der Waals surface area contributed by atoms with Gasteiger partial charge in [0.25, 0.3) is 0 Å². The molecule has 1 atom stereocenters. The average Bonchev–Trinajstić information content (AvgIpc) is 2.87. The third-order valence-electron chi connectivity index (χ3n) is 2.24. The number of halogens is 3. The molecule has 0 aliphatic rings. The van der Waals surface area contributed by atoms with Crippen LogP contribution in [0, 0.1) is 5.92 Å². The zero-order chi connectivity index (χ0) is 17.5. The van der Waals surface area contributed by atoms with E-state index in [0.717, 1.165) is 5.01 Å². The highest BCUT2D eigenvalue weighted by Gasteiger charge is 2.28. The molecule has 0 saturated heterocycles. The molecule has 0 aromatic carbocycles. The van der Waals surface area contributed by atoms with Crippen molar-refractivity contribution < 1.29 is 32.6 Å². The number of thiazole rings is 1. The number of nitrogens with zero attached hydrogens (tertiary/aromatic N) is 1. The van der Waals surface area contributed by atoms with Gasteiger partial charge in [-0.25, -0.2) is 9.78 Å². The molecule has 1 heterocycles. The lowest BCUT2D eigenvalue weighted by molar-refractivity contribution is -0.344. The van der Waals surface area contributed by atoms with Crippen LogP contribution < -0.4 is 10.8 Å². The number of aromatic nitrogens is 1. The van der Waals surface area contributed by atoms with Gasteiger partial charge in [-0.15, -0.1) is 11.3 Å². The molecule has 1 aromatic heterocycles. The maximum absolute atomic E-state index is 11.3. The summed E-state index contributed by atoms with van der Waals surface area (Å²) in [6.45, 7) is 6.18. The number of carbonyl (C=O) groups is 2. The SMILES string of the molecule is CCOC(=O)c1csc(C(N)C(C)C)n1.O=C([O-])C(F)(F)F. The molecule has 0 fully saturated rings. The molecule has 1 unspecified atom stereocenters. The number of ether oxygens (including phenoxy) is 1. The van der Waals surface area contributed by atoms with Crippen molar-refractivity contribution in [1.82, 2.24) is 4.98 Å². The highest BCUT2D eigenvalue weighted by Crippen LogP contribution is 2.22. The molecule has 2 N–H and O–H groups in total. The lowest BCUT2D eigenvalue weighted by Crippen LogP contribution is -2.37. The molecule has 0 radical (unpaired) electrons. The van der Waals surface area contributed by atoms with Gasteiger partial charge in [0, 0.05) is 5.38 Å². The smallest absolute Gasteiger partial charge is 0.430 e. The fourth-order valence-electron chi connectivity index (χ4n) is 1.02. The van der Waals surface area contributed by atoms with E-state index in [1.54, 1.807) is 12.3 Å². The Morgan fingerprint density at radius 3 is 2.32 bits per heavy atom. The van der Waals surface area contributed by atoms with Crippen LogP contribution in [0.3, 0.4) is 0 Å². The molecule has 0 spiro atoms. The summed E-state index contributed by atoms with van der Waals surface area (Å²) in [7, 11) is 0. The van der Waals surface area contributed by atoms with Gasteiger partial charge in [0.2, 0.25) is 0 Å². The minimum Gasteiger partial charge on any atom is -0.542 e. The number of esters is 1. The fourth-order valence-corrected chi connectivity index (χ4v) is 1.99. The van der Waals surface area contributed by atoms with Crippen molar-refractivity contribution in [2.75, 3.05) is 6.61 Å². The molecule has 10 heteroatoms. The number of aliphatic carboxylic acids is 1. The molecule has 126 valence electrons. The van der Waals surface area contributed by atoms with Gasteiger partial charge in [0.15, 0.2) is 5.69 Å². The Hall–Kier alpha value is -1.68. The molecule has 0 amide bonds. The van der Waals surface area contributed by atoms with E-state index in [0.29, 0.717) is 18.2 Å². The first-order valence-electron chi connectivity index (χ1n) is 6.16. The van der Waals surface area contributed by atoms with E-state index in [1.165, 1.54) is 11.3 Å². The minimum absolute atomic E-state index is 0.113. The molecule has 1 aromatic rings. The summed E-state index contributed by atoms with van der Waals surface area (Å²) in [4.78, 5) is 24.3. The maximum atomic E-state index is 11.3. The molecule has 22 heavy (non-hydrogen) atoms. The minimum atomic E-state index is -5.19. The van der Waals surface area contributed by atoms with Gasteiger partial charge in [-0.3, -0.25) is 0 Å². The van der Waals surface area contributed by atoms with Crippen molar-refractivity contribution in [2.45, 2.75) is 33.0 Å². The van der Waals surface area contributed by atoms with Gasteiger partial charge < -0.3 is 20.4 Å². The lowest BCUT2D eigenvalue weighted by atomic mass is 10.1. The first kappa shape index (κ1) is 20.3. The second-order valence-electron chi connectivity index (χ2n) is 4.35. The quantitative estimate of drug-likeness (QED) is 0.827. The Balaban J connectivity index is 0.000000534. The molecule has 0 saturated carbocycles. The van der Waals surface area contributed by atoms with Gasteiger partial charge in [-0.2, -0.15) is 13.2 Å². The largest absolute Gasteiger partial charge is 0.542 e. The number of carbonyl (C=O) groups excluding carboxylic acids is 2. The summed E-state index contributed by atoms with van der Waals surface area (Å²) in [6, 6.07) is -0.113. The summed E-state index contributed by atoms with van der Waals surface area (Å²) >= 11 is 1.40. The first-order chi connectivity index (χ1) is 10.0. The molecular weight excluding hydrogens is 325 g/mol. The van der Waals surface area contributed by atoms with E-state index < -0.39 is 12.1 Å². The standard InChI is InChI=1S/C10H16N2O2S.C2HF3O2/c1-4-14-10(13)7-5-15-9(12-7)8(11)6(2)3;3-2(4,5)1(6)7/h5-6,8H,4,11H2,1-3H3;(H,6,7)/p-1. The first-order valence-corrected chi connectivity index (χ1v) is 7.04.